The lowest BCUT2D eigenvalue weighted by Crippen LogP contribution is -2.17. The molecule has 0 bridgehead atoms. The lowest BCUT2D eigenvalue weighted by atomic mass is 9.98. The van der Waals surface area contributed by atoms with Gasteiger partial charge in [0.05, 0.1) is 5.69 Å². The van der Waals surface area contributed by atoms with E-state index in [4.69, 9.17) is 0 Å². The van der Waals surface area contributed by atoms with Crippen molar-refractivity contribution < 1.29 is 0 Å². The Bertz CT molecular complexity index is 561. The van der Waals surface area contributed by atoms with Gasteiger partial charge < -0.3 is 0 Å². The molecule has 1 aromatic carbocycles. The number of pyridine rings is 1. The van der Waals surface area contributed by atoms with E-state index < -0.39 is 0 Å². The van der Waals surface area contributed by atoms with Crippen LogP contribution < -0.4 is 5.32 Å². The highest BCUT2D eigenvalue weighted by molar-refractivity contribution is 5.52. The van der Waals surface area contributed by atoms with E-state index >= 15 is 0 Å². The van der Waals surface area contributed by atoms with Crippen molar-refractivity contribution in [3.63, 3.8) is 0 Å². The second-order valence-corrected chi connectivity index (χ2v) is 4.49. The van der Waals surface area contributed by atoms with E-state index in [2.05, 4.69) is 54.5 Å². The van der Waals surface area contributed by atoms with Gasteiger partial charge in [-0.05, 0) is 42.2 Å². The molecule has 0 atom stereocenters. The molecule has 2 heteroatoms. The molecule has 3 rings (SSSR count). The minimum atomic E-state index is 0.903. The molecule has 1 aliphatic heterocycles. The molecule has 0 unspecified atom stereocenters. The molecule has 0 fully saturated rings. The van der Waals surface area contributed by atoms with Crippen molar-refractivity contribution in [1.82, 2.24) is 10.3 Å². The second kappa shape index (κ2) is 3.97. The largest absolute Gasteiger partial charge is 0.296 e. The highest BCUT2D eigenvalue weighted by Gasteiger charge is 2.26. The molecule has 0 saturated heterocycles. The van der Waals surface area contributed by atoms with Crippen LogP contribution in [0, 0.1) is 19.9 Å². The smallest absolute Gasteiger partial charge is 0.116 e. The second-order valence-electron chi connectivity index (χ2n) is 4.49. The summed E-state index contributed by atoms with van der Waals surface area (Å²) in [6.45, 7) is 5.16. The minimum Gasteiger partial charge on any atom is -0.296 e. The van der Waals surface area contributed by atoms with Gasteiger partial charge in [-0.25, -0.2) is 0 Å². The van der Waals surface area contributed by atoms with Crippen LogP contribution >= 0.6 is 0 Å². The van der Waals surface area contributed by atoms with Crippen LogP contribution in [0.1, 0.15) is 27.9 Å². The maximum Gasteiger partial charge on any atom is 0.116 e. The summed E-state index contributed by atoms with van der Waals surface area (Å²) in [6.07, 6.45) is 1.88. The number of nitrogens with zero attached hydrogens (tertiary/aromatic N) is 1. The van der Waals surface area contributed by atoms with E-state index in [1.807, 2.05) is 6.20 Å². The Morgan fingerprint density at radius 1 is 1.12 bits per heavy atom. The third-order valence-corrected chi connectivity index (χ3v) is 3.45. The van der Waals surface area contributed by atoms with Gasteiger partial charge in [0.15, 0.2) is 0 Å². The quantitative estimate of drug-likeness (QED) is 0.804. The number of aromatic nitrogens is 1. The Hall–Kier alpha value is -1.67. The number of rotatable bonds is 1. The van der Waals surface area contributed by atoms with Gasteiger partial charge in [-0.3, -0.25) is 10.3 Å². The van der Waals surface area contributed by atoms with Crippen molar-refractivity contribution in [3.8, 4) is 0 Å². The van der Waals surface area contributed by atoms with Crippen LogP contribution in [0.15, 0.2) is 36.5 Å². The fourth-order valence-corrected chi connectivity index (χ4v) is 2.29. The summed E-state index contributed by atoms with van der Waals surface area (Å²) in [5.74, 6) is 0. The van der Waals surface area contributed by atoms with E-state index in [1.165, 1.54) is 28.3 Å². The van der Waals surface area contributed by atoms with Gasteiger partial charge in [0.2, 0.25) is 0 Å². The Balaban J connectivity index is 2.10. The average molecular weight is 223 g/mol. The number of hydrogen-bond acceptors (Lipinski definition) is 2. The fourth-order valence-electron chi connectivity index (χ4n) is 2.29. The zero-order chi connectivity index (χ0) is 11.8. The van der Waals surface area contributed by atoms with Crippen LogP contribution in [-0.2, 0) is 6.54 Å². The molecule has 2 aromatic rings. The Morgan fingerprint density at radius 3 is 2.82 bits per heavy atom. The predicted molar refractivity (Wildman–Crippen MR) is 68.4 cm³/mol. The Morgan fingerprint density at radius 2 is 1.94 bits per heavy atom. The highest BCUT2D eigenvalue weighted by Crippen LogP contribution is 2.30. The van der Waals surface area contributed by atoms with Crippen molar-refractivity contribution >= 4 is 0 Å². The molecular weight excluding hydrogens is 208 g/mol. The summed E-state index contributed by atoms with van der Waals surface area (Å²) in [7, 11) is 0. The van der Waals surface area contributed by atoms with Gasteiger partial charge in [0.1, 0.15) is 6.04 Å². The first-order valence-corrected chi connectivity index (χ1v) is 5.89. The first-order valence-electron chi connectivity index (χ1n) is 5.89. The van der Waals surface area contributed by atoms with Crippen molar-refractivity contribution in [2.45, 2.75) is 20.4 Å². The van der Waals surface area contributed by atoms with E-state index in [0.717, 1.165) is 12.2 Å². The third kappa shape index (κ3) is 1.65. The lowest BCUT2D eigenvalue weighted by Gasteiger charge is -2.14. The standard InChI is InChI=1S/C15H15N2/c1-10-7-8-16-14(11(10)2)15-13-6-4-3-5-12(13)9-17-15/h3-8,17H,9H2,1-2H3. The summed E-state index contributed by atoms with van der Waals surface area (Å²) < 4.78 is 0. The monoisotopic (exact) mass is 223 g/mol. The summed E-state index contributed by atoms with van der Waals surface area (Å²) >= 11 is 0. The number of hydrogen-bond donors (Lipinski definition) is 1. The zero-order valence-corrected chi connectivity index (χ0v) is 10.1. The number of nitrogens with one attached hydrogen (secondary N) is 1. The van der Waals surface area contributed by atoms with E-state index in [0.29, 0.717) is 0 Å². The molecule has 85 valence electrons. The SMILES string of the molecule is Cc1ccnc([C]2NCc3ccccc32)c1C. The number of fused-ring (bicyclic) bond motifs is 1. The predicted octanol–water partition coefficient (Wildman–Crippen LogP) is 2.73. The van der Waals surface area contributed by atoms with E-state index in [9.17, 15) is 0 Å². The molecule has 0 spiro atoms. The molecule has 1 N–H and O–H groups in total. The first kappa shape index (κ1) is 10.5. The molecule has 2 nitrogen and oxygen atoms in total. The van der Waals surface area contributed by atoms with Crippen molar-refractivity contribution in [2.24, 2.45) is 0 Å². The van der Waals surface area contributed by atoms with Crippen LogP contribution in [0.5, 0.6) is 0 Å². The molecule has 1 aliphatic rings. The van der Waals surface area contributed by atoms with E-state index in [-0.39, 0.29) is 0 Å². The summed E-state index contributed by atoms with van der Waals surface area (Å²) in [4.78, 5) is 4.52. The van der Waals surface area contributed by atoms with Gasteiger partial charge in [-0.15, -0.1) is 0 Å². The number of aryl methyl sites for hydroxylation is 1. The van der Waals surface area contributed by atoms with Crippen molar-refractivity contribution in [2.75, 3.05) is 0 Å². The fraction of sp³-hybridized carbons (Fsp3) is 0.200. The van der Waals surface area contributed by atoms with Crippen molar-refractivity contribution in [1.29, 1.82) is 0 Å². The highest BCUT2D eigenvalue weighted by atomic mass is 15.0. The molecule has 0 amide bonds. The molecule has 1 aromatic heterocycles. The zero-order valence-electron chi connectivity index (χ0n) is 10.1. The third-order valence-electron chi connectivity index (χ3n) is 3.45. The summed E-state index contributed by atoms with van der Waals surface area (Å²) in [5, 5.41) is 3.46. The molecule has 17 heavy (non-hydrogen) atoms. The Labute approximate surface area is 102 Å². The van der Waals surface area contributed by atoms with E-state index in [1.54, 1.807) is 0 Å². The van der Waals surface area contributed by atoms with Crippen LogP contribution in [0.3, 0.4) is 0 Å². The molecular formula is C15H15N2. The molecule has 0 aliphatic carbocycles. The van der Waals surface area contributed by atoms with Gasteiger partial charge in [-0.1, -0.05) is 24.3 Å². The van der Waals surface area contributed by atoms with Gasteiger partial charge in [-0.2, -0.15) is 0 Å². The van der Waals surface area contributed by atoms with Crippen LogP contribution in [0.25, 0.3) is 0 Å². The first-order chi connectivity index (χ1) is 8.27. The van der Waals surface area contributed by atoms with Gasteiger partial charge in [0, 0.05) is 12.7 Å². The van der Waals surface area contributed by atoms with Gasteiger partial charge in [0.25, 0.3) is 0 Å². The van der Waals surface area contributed by atoms with Crippen LogP contribution in [0.4, 0.5) is 0 Å². The van der Waals surface area contributed by atoms with Crippen molar-refractivity contribution in [3.05, 3.63) is 70.5 Å². The minimum absolute atomic E-state index is 0.903. The summed E-state index contributed by atoms with van der Waals surface area (Å²) in [5.41, 5.74) is 6.26. The molecule has 0 saturated carbocycles. The Kier molecular flexibility index (Phi) is 2.45. The topological polar surface area (TPSA) is 24.9 Å². The average Bonchev–Trinajstić information content (AvgIpc) is 2.77. The summed E-state index contributed by atoms with van der Waals surface area (Å²) in [6, 6.07) is 11.7. The van der Waals surface area contributed by atoms with Crippen LogP contribution in [-0.4, -0.2) is 4.98 Å². The normalized spacial score (nSPS) is 14.9. The van der Waals surface area contributed by atoms with Gasteiger partial charge >= 0.3 is 0 Å². The lowest BCUT2D eigenvalue weighted by molar-refractivity contribution is 0.801. The maximum atomic E-state index is 4.52. The van der Waals surface area contributed by atoms with Crippen LogP contribution in [0.2, 0.25) is 0 Å². The molecule has 2 heterocycles. The number of benzene rings is 1. The molecule has 1 radical (unpaired) electrons. The maximum absolute atomic E-state index is 4.52.